The Balaban J connectivity index is 1.74. The van der Waals surface area contributed by atoms with E-state index in [2.05, 4.69) is 31.3 Å². The fourth-order valence-corrected chi connectivity index (χ4v) is 4.18. The van der Waals surface area contributed by atoms with E-state index in [1.54, 1.807) is 17.0 Å². The minimum atomic E-state index is -0.407. The molecule has 9 heteroatoms. The molecule has 0 fully saturated rings. The van der Waals surface area contributed by atoms with Crippen molar-refractivity contribution in [1.82, 2.24) is 24.5 Å². The number of nitrogens with one attached hydrogen (secondary N) is 1. The maximum Gasteiger partial charge on any atom is 0.263 e. The van der Waals surface area contributed by atoms with Gasteiger partial charge in [0.05, 0.1) is 17.6 Å². The Hall–Kier alpha value is -5.10. The van der Waals surface area contributed by atoms with Crippen molar-refractivity contribution in [3.63, 3.8) is 0 Å². The largest absolute Gasteiger partial charge is 0.368 e. The number of aryl methyl sites for hydroxylation is 1. The molecule has 0 aliphatic rings. The lowest BCUT2D eigenvalue weighted by Crippen LogP contribution is -2.26. The van der Waals surface area contributed by atoms with Crippen molar-refractivity contribution in [1.29, 1.82) is 5.26 Å². The number of hydrogen-bond acceptors (Lipinski definition) is 8. The molecule has 0 bridgehead atoms. The SMILES string of the molecule is Cc1ncc(-c2cccc3cc([C@@H](C)Nc4nc(N)ncc4C#N)n(-c4ccccc4)c(=O)c23)cn1. The summed E-state index contributed by atoms with van der Waals surface area (Å²) in [6.45, 7) is 3.72. The zero-order chi connectivity index (χ0) is 25.2. The molecule has 3 heterocycles. The van der Waals surface area contributed by atoms with Crippen molar-refractivity contribution in [2.24, 2.45) is 0 Å². The molecule has 0 spiro atoms. The zero-order valence-corrected chi connectivity index (χ0v) is 19.7. The number of fused-ring (bicyclic) bond motifs is 1. The summed E-state index contributed by atoms with van der Waals surface area (Å²) in [7, 11) is 0. The summed E-state index contributed by atoms with van der Waals surface area (Å²) in [5.41, 5.74) is 8.76. The van der Waals surface area contributed by atoms with Gasteiger partial charge >= 0.3 is 0 Å². The van der Waals surface area contributed by atoms with Crippen LogP contribution < -0.4 is 16.6 Å². The molecule has 9 nitrogen and oxygen atoms in total. The molecule has 0 unspecified atom stereocenters. The molecule has 0 saturated heterocycles. The van der Waals surface area contributed by atoms with E-state index in [0.717, 1.165) is 16.5 Å². The quantitative estimate of drug-likeness (QED) is 0.387. The molecule has 0 aliphatic carbocycles. The number of rotatable bonds is 5. The van der Waals surface area contributed by atoms with Gasteiger partial charge in [-0.2, -0.15) is 10.2 Å². The van der Waals surface area contributed by atoms with Crippen LogP contribution in [-0.4, -0.2) is 24.5 Å². The van der Waals surface area contributed by atoms with Gasteiger partial charge in [0.25, 0.3) is 5.56 Å². The summed E-state index contributed by atoms with van der Waals surface area (Å²) in [6.07, 6.45) is 4.83. The minimum absolute atomic E-state index is 0.0487. The molecule has 3 aromatic heterocycles. The smallest absolute Gasteiger partial charge is 0.263 e. The molecule has 0 amide bonds. The lowest BCUT2D eigenvalue weighted by molar-refractivity contribution is 0.772. The first kappa shape index (κ1) is 22.7. The van der Waals surface area contributed by atoms with Crippen LogP contribution in [0.1, 0.15) is 30.0 Å². The standard InChI is InChI=1S/C27H22N8O/c1-16(33-25-19(12-28)13-32-27(29)34-25)23-11-18-7-6-10-22(20-14-30-17(2)31-15-20)24(18)26(36)35(23)21-8-4-3-5-9-21/h3-11,13-16H,1-2H3,(H3,29,32,33,34)/t16-/m1/s1. The number of hydrogen-bond donors (Lipinski definition) is 2. The Bertz CT molecular complexity index is 1670. The van der Waals surface area contributed by atoms with Gasteiger partial charge in [-0.3, -0.25) is 9.36 Å². The van der Waals surface area contributed by atoms with E-state index in [0.29, 0.717) is 28.4 Å². The lowest BCUT2D eigenvalue weighted by atomic mass is 9.99. The first-order chi connectivity index (χ1) is 17.5. The van der Waals surface area contributed by atoms with E-state index in [1.165, 1.54) is 6.20 Å². The fraction of sp³-hybridized carbons (Fsp3) is 0.111. The van der Waals surface area contributed by atoms with Gasteiger partial charge in [0.15, 0.2) is 0 Å². The van der Waals surface area contributed by atoms with Gasteiger partial charge in [-0.1, -0.05) is 36.4 Å². The summed E-state index contributed by atoms with van der Waals surface area (Å²) >= 11 is 0. The van der Waals surface area contributed by atoms with E-state index in [-0.39, 0.29) is 17.1 Å². The van der Waals surface area contributed by atoms with E-state index in [1.807, 2.05) is 68.4 Å². The second-order valence-electron chi connectivity index (χ2n) is 8.30. The van der Waals surface area contributed by atoms with Crippen LogP contribution >= 0.6 is 0 Å². The fourth-order valence-electron chi connectivity index (χ4n) is 4.18. The zero-order valence-electron chi connectivity index (χ0n) is 19.7. The minimum Gasteiger partial charge on any atom is -0.368 e. The average molecular weight is 475 g/mol. The van der Waals surface area contributed by atoms with Gasteiger partial charge < -0.3 is 11.1 Å². The molecule has 3 N–H and O–H groups in total. The Morgan fingerprint density at radius 1 is 1.03 bits per heavy atom. The Labute approximate surface area is 206 Å². The van der Waals surface area contributed by atoms with Crippen molar-refractivity contribution in [3.05, 3.63) is 101 Å². The predicted molar refractivity (Wildman–Crippen MR) is 139 cm³/mol. The predicted octanol–water partition coefficient (Wildman–Crippen LogP) is 4.17. The molecule has 36 heavy (non-hydrogen) atoms. The Morgan fingerprint density at radius 2 is 1.78 bits per heavy atom. The van der Waals surface area contributed by atoms with Gasteiger partial charge in [0, 0.05) is 29.3 Å². The number of nitriles is 1. The normalized spacial score (nSPS) is 11.7. The number of para-hydroxylation sites is 1. The van der Waals surface area contributed by atoms with Crippen LogP contribution in [0.4, 0.5) is 11.8 Å². The van der Waals surface area contributed by atoms with Crippen LogP contribution in [0.5, 0.6) is 0 Å². The summed E-state index contributed by atoms with van der Waals surface area (Å²) < 4.78 is 1.68. The molecule has 2 aromatic carbocycles. The first-order valence-electron chi connectivity index (χ1n) is 11.3. The monoisotopic (exact) mass is 474 g/mol. The molecular formula is C27H22N8O. The van der Waals surface area contributed by atoms with E-state index >= 15 is 0 Å². The highest BCUT2D eigenvalue weighted by Crippen LogP contribution is 2.30. The molecule has 0 radical (unpaired) electrons. The molecule has 5 rings (SSSR count). The van der Waals surface area contributed by atoms with Crippen molar-refractivity contribution in [2.75, 3.05) is 11.1 Å². The highest BCUT2D eigenvalue weighted by molar-refractivity contribution is 5.96. The first-order valence-corrected chi connectivity index (χ1v) is 11.3. The van der Waals surface area contributed by atoms with Gasteiger partial charge in [0.1, 0.15) is 23.3 Å². The number of benzene rings is 2. The number of anilines is 2. The van der Waals surface area contributed by atoms with Gasteiger partial charge in [0.2, 0.25) is 5.95 Å². The second-order valence-corrected chi connectivity index (χ2v) is 8.30. The highest BCUT2D eigenvalue weighted by Gasteiger charge is 2.20. The maximum atomic E-state index is 14.1. The summed E-state index contributed by atoms with van der Waals surface area (Å²) in [5.74, 6) is 1.01. The Morgan fingerprint density at radius 3 is 2.50 bits per heavy atom. The third kappa shape index (κ3) is 4.12. The highest BCUT2D eigenvalue weighted by atomic mass is 16.1. The van der Waals surface area contributed by atoms with Crippen LogP contribution in [0.25, 0.3) is 27.6 Å². The van der Waals surface area contributed by atoms with Gasteiger partial charge in [-0.05, 0) is 43.0 Å². The summed E-state index contributed by atoms with van der Waals surface area (Å²) in [6, 6.07) is 18.8. The van der Waals surface area contributed by atoms with Crippen molar-refractivity contribution >= 4 is 22.5 Å². The molecular weight excluding hydrogens is 452 g/mol. The number of nitrogens with two attached hydrogens (primary N) is 1. The van der Waals surface area contributed by atoms with Crippen LogP contribution in [-0.2, 0) is 0 Å². The van der Waals surface area contributed by atoms with Crippen LogP contribution in [0, 0.1) is 18.3 Å². The van der Waals surface area contributed by atoms with E-state index in [4.69, 9.17) is 5.73 Å². The second kappa shape index (κ2) is 9.27. The van der Waals surface area contributed by atoms with E-state index < -0.39 is 6.04 Å². The average Bonchev–Trinajstić information content (AvgIpc) is 2.89. The van der Waals surface area contributed by atoms with Crippen LogP contribution in [0.15, 0.2) is 78.0 Å². The van der Waals surface area contributed by atoms with Crippen molar-refractivity contribution < 1.29 is 0 Å². The Kier molecular flexibility index (Phi) is 5.84. The molecule has 0 aliphatic heterocycles. The maximum absolute atomic E-state index is 14.1. The third-order valence-electron chi connectivity index (χ3n) is 5.91. The summed E-state index contributed by atoms with van der Waals surface area (Å²) in [4.78, 5) is 30.8. The van der Waals surface area contributed by atoms with Crippen molar-refractivity contribution in [3.8, 4) is 22.9 Å². The molecule has 0 saturated carbocycles. The van der Waals surface area contributed by atoms with Gasteiger partial charge in [-0.15, -0.1) is 0 Å². The number of aromatic nitrogens is 5. The molecule has 5 aromatic rings. The summed E-state index contributed by atoms with van der Waals surface area (Å²) in [5, 5.41) is 14.1. The number of nitrogens with zero attached hydrogens (tertiary/aromatic N) is 6. The van der Waals surface area contributed by atoms with Crippen LogP contribution in [0.3, 0.4) is 0 Å². The molecule has 176 valence electrons. The molecule has 1 atom stereocenters. The third-order valence-corrected chi connectivity index (χ3v) is 5.91. The van der Waals surface area contributed by atoms with E-state index in [9.17, 15) is 10.1 Å². The van der Waals surface area contributed by atoms with Gasteiger partial charge in [-0.25, -0.2) is 15.0 Å². The number of nitrogen functional groups attached to an aromatic ring is 1. The number of pyridine rings is 1. The van der Waals surface area contributed by atoms with Crippen LogP contribution in [0.2, 0.25) is 0 Å². The lowest BCUT2D eigenvalue weighted by Gasteiger charge is -2.22. The van der Waals surface area contributed by atoms with Crippen molar-refractivity contribution in [2.45, 2.75) is 19.9 Å². The topological polar surface area (TPSA) is 135 Å².